The smallest absolute Gasteiger partial charge is 0.277 e. The van der Waals surface area contributed by atoms with Crippen molar-refractivity contribution in [3.05, 3.63) is 11.6 Å². The number of hydrogen-bond donors (Lipinski definition) is 2. The minimum absolute atomic E-state index is 0.401. The molecule has 0 aromatic carbocycles. The minimum Gasteiger partial charge on any atom is -0.277 e. The van der Waals surface area contributed by atoms with Crippen LogP contribution < -0.4 is 10.6 Å². The molecule has 2 N–H and O–H groups in total. The van der Waals surface area contributed by atoms with Crippen molar-refractivity contribution in [3.8, 4) is 0 Å². The third-order valence-electron chi connectivity index (χ3n) is 3.42. The van der Waals surface area contributed by atoms with E-state index in [9.17, 15) is 14.4 Å². The summed E-state index contributed by atoms with van der Waals surface area (Å²) in [6.45, 7) is 1.58. The summed E-state index contributed by atoms with van der Waals surface area (Å²) < 4.78 is 0. The molecule has 0 atom stereocenters. The molecule has 0 spiro atoms. The largest absolute Gasteiger partial charge is 0.328 e. The van der Waals surface area contributed by atoms with Crippen molar-refractivity contribution in [2.24, 2.45) is 5.41 Å². The van der Waals surface area contributed by atoms with Gasteiger partial charge in [-0.1, -0.05) is 11.6 Å². The summed E-state index contributed by atoms with van der Waals surface area (Å²) in [5.41, 5.74) is -0.0183. The van der Waals surface area contributed by atoms with Crippen molar-refractivity contribution < 1.29 is 14.4 Å². The van der Waals surface area contributed by atoms with Gasteiger partial charge in [-0.3, -0.25) is 20.2 Å². The fraction of sp³-hybridized carbons (Fsp3) is 0.583. The maximum atomic E-state index is 11.8. The first-order chi connectivity index (χ1) is 8.02. The molecule has 1 heterocycles. The average Bonchev–Trinajstić information content (AvgIpc) is 2.28. The van der Waals surface area contributed by atoms with Crippen LogP contribution in [0.25, 0.3) is 0 Å². The van der Waals surface area contributed by atoms with E-state index in [1.54, 1.807) is 6.92 Å². The SMILES string of the molecule is CC1(CC2=CCCCC2)C(=O)NC(=O)NC1=O. The first-order valence-electron chi connectivity index (χ1n) is 5.87. The molecule has 0 radical (unpaired) electrons. The van der Waals surface area contributed by atoms with Gasteiger partial charge in [0.15, 0.2) is 0 Å². The predicted molar refractivity (Wildman–Crippen MR) is 61.0 cm³/mol. The number of allylic oxidation sites excluding steroid dienone is 2. The highest BCUT2D eigenvalue weighted by Crippen LogP contribution is 2.32. The molecule has 0 aromatic heterocycles. The van der Waals surface area contributed by atoms with Crippen LogP contribution in [0.3, 0.4) is 0 Å². The molecule has 92 valence electrons. The van der Waals surface area contributed by atoms with Gasteiger partial charge in [0.25, 0.3) is 0 Å². The Labute approximate surface area is 99.6 Å². The molecular weight excluding hydrogens is 220 g/mol. The third kappa shape index (κ3) is 2.23. The standard InChI is InChI=1S/C12H16N2O3/c1-12(7-8-5-3-2-4-6-8)9(15)13-11(17)14-10(12)16/h5H,2-4,6-7H2,1H3,(H2,13,14,15,16,17). The van der Waals surface area contributed by atoms with Crippen molar-refractivity contribution in [2.75, 3.05) is 0 Å². The molecule has 4 amide bonds. The van der Waals surface area contributed by atoms with Crippen LogP contribution in [0.15, 0.2) is 11.6 Å². The maximum Gasteiger partial charge on any atom is 0.328 e. The summed E-state index contributed by atoms with van der Waals surface area (Å²) in [6, 6.07) is -0.727. The first-order valence-corrected chi connectivity index (χ1v) is 5.87. The van der Waals surface area contributed by atoms with Crippen LogP contribution in [-0.4, -0.2) is 17.8 Å². The number of barbiturate groups is 1. The van der Waals surface area contributed by atoms with Crippen molar-refractivity contribution in [1.82, 2.24) is 10.6 Å². The Morgan fingerprint density at radius 3 is 2.35 bits per heavy atom. The second-order valence-corrected chi connectivity index (χ2v) is 4.85. The quantitative estimate of drug-likeness (QED) is 0.559. The van der Waals surface area contributed by atoms with Crippen LogP contribution in [0, 0.1) is 5.41 Å². The maximum absolute atomic E-state index is 11.8. The Hall–Kier alpha value is -1.65. The molecule has 17 heavy (non-hydrogen) atoms. The highest BCUT2D eigenvalue weighted by atomic mass is 16.2. The van der Waals surface area contributed by atoms with Gasteiger partial charge in [-0.05, 0) is 39.0 Å². The normalized spacial score (nSPS) is 23.8. The lowest BCUT2D eigenvalue weighted by atomic mass is 9.78. The Morgan fingerprint density at radius 2 is 1.82 bits per heavy atom. The second kappa shape index (κ2) is 4.31. The number of carbonyl (C=O) groups is 3. The lowest BCUT2D eigenvalue weighted by Gasteiger charge is -2.31. The predicted octanol–water partition coefficient (Wildman–Crippen LogP) is 1.25. The first kappa shape index (κ1) is 11.8. The van der Waals surface area contributed by atoms with Gasteiger partial charge >= 0.3 is 6.03 Å². The Bertz CT molecular complexity index is 392. The van der Waals surface area contributed by atoms with Crippen LogP contribution in [0.4, 0.5) is 4.79 Å². The third-order valence-corrected chi connectivity index (χ3v) is 3.42. The lowest BCUT2D eigenvalue weighted by Crippen LogP contribution is -2.61. The summed E-state index contributed by atoms with van der Waals surface area (Å²) >= 11 is 0. The van der Waals surface area contributed by atoms with E-state index in [1.807, 2.05) is 0 Å². The number of urea groups is 1. The van der Waals surface area contributed by atoms with Crippen molar-refractivity contribution in [2.45, 2.75) is 39.0 Å². The van der Waals surface area contributed by atoms with Crippen LogP contribution in [0.5, 0.6) is 0 Å². The summed E-state index contributed by atoms with van der Waals surface area (Å²) in [5.74, 6) is -1.00. The van der Waals surface area contributed by atoms with Crippen molar-refractivity contribution in [3.63, 3.8) is 0 Å². The fourth-order valence-electron chi connectivity index (χ4n) is 2.30. The average molecular weight is 236 g/mol. The van der Waals surface area contributed by atoms with Crippen molar-refractivity contribution >= 4 is 17.8 Å². The van der Waals surface area contributed by atoms with E-state index in [1.165, 1.54) is 0 Å². The van der Waals surface area contributed by atoms with Gasteiger partial charge in [-0.2, -0.15) is 0 Å². The second-order valence-electron chi connectivity index (χ2n) is 4.85. The van der Waals surface area contributed by atoms with Gasteiger partial charge in [0, 0.05) is 0 Å². The molecule has 2 aliphatic rings. The van der Waals surface area contributed by atoms with Crippen LogP contribution in [-0.2, 0) is 9.59 Å². The molecule has 5 heteroatoms. The highest BCUT2D eigenvalue weighted by Gasteiger charge is 2.46. The molecule has 2 rings (SSSR count). The van der Waals surface area contributed by atoms with E-state index in [0.29, 0.717) is 6.42 Å². The number of imide groups is 2. The Morgan fingerprint density at radius 1 is 1.18 bits per heavy atom. The number of nitrogens with one attached hydrogen (secondary N) is 2. The highest BCUT2D eigenvalue weighted by molar-refractivity contribution is 6.19. The van der Waals surface area contributed by atoms with Crippen LogP contribution in [0.1, 0.15) is 39.0 Å². The monoisotopic (exact) mass is 236 g/mol. The fourth-order valence-corrected chi connectivity index (χ4v) is 2.30. The Kier molecular flexibility index (Phi) is 3.00. The summed E-state index contributed by atoms with van der Waals surface area (Å²) in [4.78, 5) is 34.6. The van der Waals surface area contributed by atoms with E-state index >= 15 is 0 Å². The van der Waals surface area contributed by atoms with Gasteiger partial charge < -0.3 is 0 Å². The zero-order valence-corrected chi connectivity index (χ0v) is 9.84. The molecule has 1 aliphatic carbocycles. The van der Waals surface area contributed by atoms with Crippen LogP contribution in [0.2, 0.25) is 0 Å². The van der Waals surface area contributed by atoms with E-state index in [-0.39, 0.29) is 0 Å². The van der Waals surface area contributed by atoms with E-state index in [2.05, 4.69) is 16.7 Å². The van der Waals surface area contributed by atoms with Crippen LogP contribution >= 0.6 is 0 Å². The number of hydrogen-bond acceptors (Lipinski definition) is 3. The molecule has 1 saturated heterocycles. The van der Waals surface area contributed by atoms with E-state index in [0.717, 1.165) is 31.3 Å². The van der Waals surface area contributed by atoms with Gasteiger partial charge in [-0.25, -0.2) is 4.79 Å². The molecule has 5 nitrogen and oxygen atoms in total. The molecule has 1 fully saturated rings. The zero-order chi connectivity index (χ0) is 12.5. The molecule has 0 bridgehead atoms. The molecule has 0 aromatic rings. The lowest BCUT2D eigenvalue weighted by molar-refractivity contribution is -0.143. The van der Waals surface area contributed by atoms with Gasteiger partial charge in [-0.15, -0.1) is 0 Å². The minimum atomic E-state index is -1.16. The molecular formula is C12H16N2O3. The molecule has 0 saturated carbocycles. The van der Waals surface area contributed by atoms with E-state index < -0.39 is 23.3 Å². The zero-order valence-electron chi connectivity index (χ0n) is 9.84. The van der Waals surface area contributed by atoms with Crippen molar-refractivity contribution in [1.29, 1.82) is 0 Å². The molecule has 1 aliphatic heterocycles. The number of rotatable bonds is 2. The van der Waals surface area contributed by atoms with Gasteiger partial charge in [0.05, 0.1) is 0 Å². The summed E-state index contributed by atoms with van der Waals surface area (Å²) in [7, 11) is 0. The number of amides is 4. The van der Waals surface area contributed by atoms with E-state index in [4.69, 9.17) is 0 Å². The molecule has 0 unspecified atom stereocenters. The topological polar surface area (TPSA) is 75.3 Å². The number of carbonyl (C=O) groups excluding carboxylic acids is 3. The Balaban J connectivity index is 2.16. The van der Waals surface area contributed by atoms with Gasteiger partial charge in [0.1, 0.15) is 5.41 Å². The van der Waals surface area contributed by atoms with Gasteiger partial charge in [0.2, 0.25) is 11.8 Å². The summed E-state index contributed by atoms with van der Waals surface area (Å²) in [6.07, 6.45) is 6.71. The summed E-state index contributed by atoms with van der Waals surface area (Å²) in [5, 5.41) is 4.31.